The van der Waals surface area contributed by atoms with Crippen LogP contribution in [0.2, 0.25) is 0 Å². The number of hydrogen-bond acceptors (Lipinski definition) is 5. The number of nitrogens with zero attached hydrogens (tertiary/aromatic N) is 1. The van der Waals surface area contributed by atoms with E-state index < -0.39 is 12.2 Å². The molecule has 1 aliphatic heterocycles. The van der Waals surface area contributed by atoms with Crippen LogP contribution in [0.1, 0.15) is 31.4 Å². The minimum Gasteiger partial charge on any atom is -0.389 e. The van der Waals surface area contributed by atoms with E-state index in [4.69, 9.17) is 0 Å². The van der Waals surface area contributed by atoms with Gasteiger partial charge >= 0.3 is 0 Å². The third kappa shape index (κ3) is 3.98. The topological polar surface area (TPSA) is 60.8 Å². The van der Waals surface area contributed by atoms with Crippen molar-refractivity contribution >= 4 is 22.6 Å². The molecule has 1 fully saturated rings. The van der Waals surface area contributed by atoms with Crippen LogP contribution in [-0.2, 0) is 4.79 Å². The van der Waals surface area contributed by atoms with E-state index >= 15 is 0 Å². The Labute approximate surface area is 123 Å². The standard InChI is InChI=1S/C15H21NO3S/c1-11(17)20-10-14(18)15(19)12-4-6-13(7-5-12)16-8-2-3-9-16/h4-7,14-15,18-19H,2-3,8-10H2,1H3. The summed E-state index contributed by atoms with van der Waals surface area (Å²) in [7, 11) is 0. The molecule has 0 aromatic heterocycles. The molecule has 2 atom stereocenters. The van der Waals surface area contributed by atoms with Crippen molar-refractivity contribution < 1.29 is 15.0 Å². The molecule has 0 amide bonds. The fourth-order valence-electron chi connectivity index (χ4n) is 2.37. The Morgan fingerprint density at radius 2 is 1.85 bits per heavy atom. The summed E-state index contributed by atoms with van der Waals surface area (Å²) in [6, 6.07) is 7.66. The molecule has 0 aliphatic carbocycles. The summed E-state index contributed by atoms with van der Waals surface area (Å²) in [5.74, 6) is 0.213. The van der Waals surface area contributed by atoms with E-state index in [-0.39, 0.29) is 10.9 Å². The van der Waals surface area contributed by atoms with E-state index in [2.05, 4.69) is 4.90 Å². The molecule has 2 unspecified atom stereocenters. The third-order valence-electron chi connectivity index (χ3n) is 3.53. The van der Waals surface area contributed by atoms with Crippen LogP contribution >= 0.6 is 11.8 Å². The number of carbonyl (C=O) groups excluding carboxylic acids is 1. The third-order valence-corrected chi connectivity index (χ3v) is 4.44. The first-order chi connectivity index (χ1) is 9.58. The predicted octanol–water partition coefficient (Wildman–Crippen LogP) is 1.96. The lowest BCUT2D eigenvalue weighted by atomic mass is 10.0. The molecule has 110 valence electrons. The van der Waals surface area contributed by atoms with Gasteiger partial charge < -0.3 is 15.1 Å². The summed E-state index contributed by atoms with van der Waals surface area (Å²) in [5.41, 5.74) is 1.84. The quantitative estimate of drug-likeness (QED) is 0.869. The smallest absolute Gasteiger partial charge is 0.185 e. The maximum Gasteiger partial charge on any atom is 0.185 e. The van der Waals surface area contributed by atoms with Gasteiger partial charge in [0.15, 0.2) is 5.12 Å². The molecule has 0 bridgehead atoms. The molecule has 1 aliphatic rings. The molecule has 2 rings (SSSR count). The number of rotatable bonds is 5. The normalized spacial score (nSPS) is 18.1. The fourth-order valence-corrected chi connectivity index (χ4v) is 2.96. The Morgan fingerprint density at radius 3 is 2.40 bits per heavy atom. The van der Waals surface area contributed by atoms with Gasteiger partial charge in [-0.2, -0.15) is 0 Å². The molecule has 20 heavy (non-hydrogen) atoms. The highest BCUT2D eigenvalue weighted by molar-refractivity contribution is 8.13. The van der Waals surface area contributed by atoms with E-state index in [1.54, 1.807) is 0 Å². The zero-order valence-corrected chi connectivity index (χ0v) is 12.5. The Kier molecular flexibility index (Phi) is 5.46. The van der Waals surface area contributed by atoms with Crippen molar-refractivity contribution in [2.45, 2.75) is 32.0 Å². The summed E-state index contributed by atoms with van der Waals surface area (Å²) in [6.45, 7) is 3.62. The van der Waals surface area contributed by atoms with Crippen LogP contribution in [0.25, 0.3) is 0 Å². The second-order valence-electron chi connectivity index (χ2n) is 5.10. The lowest BCUT2D eigenvalue weighted by Gasteiger charge is -2.20. The summed E-state index contributed by atoms with van der Waals surface area (Å²) in [4.78, 5) is 13.2. The first kappa shape index (κ1) is 15.4. The van der Waals surface area contributed by atoms with Crippen molar-refractivity contribution in [3.8, 4) is 0 Å². The van der Waals surface area contributed by atoms with E-state index in [1.807, 2.05) is 24.3 Å². The van der Waals surface area contributed by atoms with Crippen LogP contribution in [-0.4, -0.2) is 40.3 Å². The molecule has 0 saturated carbocycles. The molecule has 4 nitrogen and oxygen atoms in total. The molecule has 5 heteroatoms. The minimum absolute atomic E-state index is 0.0550. The van der Waals surface area contributed by atoms with Crippen molar-refractivity contribution in [3.05, 3.63) is 29.8 Å². The molecule has 1 aromatic carbocycles. The lowest BCUT2D eigenvalue weighted by Crippen LogP contribution is -2.22. The average molecular weight is 295 g/mol. The molecule has 1 heterocycles. The Balaban J connectivity index is 1.95. The highest BCUT2D eigenvalue weighted by atomic mass is 32.2. The Morgan fingerprint density at radius 1 is 1.25 bits per heavy atom. The fraction of sp³-hybridized carbons (Fsp3) is 0.533. The SMILES string of the molecule is CC(=O)SCC(O)C(O)c1ccc(N2CCCC2)cc1. The Hall–Kier alpha value is -1.04. The van der Waals surface area contributed by atoms with Crippen LogP contribution in [0.4, 0.5) is 5.69 Å². The van der Waals surface area contributed by atoms with Gasteiger partial charge in [0.05, 0.1) is 6.10 Å². The van der Waals surface area contributed by atoms with Crippen molar-refractivity contribution in [1.29, 1.82) is 0 Å². The monoisotopic (exact) mass is 295 g/mol. The van der Waals surface area contributed by atoms with E-state index in [1.165, 1.54) is 19.8 Å². The molecule has 1 aromatic rings. The van der Waals surface area contributed by atoms with Gasteiger partial charge in [-0.05, 0) is 30.5 Å². The first-order valence-corrected chi connectivity index (χ1v) is 7.91. The van der Waals surface area contributed by atoms with E-state index in [0.717, 1.165) is 30.5 Å². The first-order valence-electron chi connectivity index (χ1n) is 6.92. The highest BCUT2D eigenvalue weighted by Crippen LogP contribution is 2.25. The van der Waals surface area contributed by atoms with Gasteiger partial charge in [0.1, 0.15) is 6.10 Å². The van der Waals surface area contributed by atoms with Crippen molar-refractivity contribution in [3.63, 3.8) is 0 Å². The number of carbonyl (C=O) groups is 1. The van der Waals surface area contributed by atoms with Gasteiger partial charge in [-0.15, -0.1) is 0 Å². The molecule has 2 N–H and O–H groups in total. The zero-order chi connectivity index (χ0) is 14.5. The van der Waals surface area contributed by atoms with Gasteiger partial charge in [-0.1, -0.05) is 23.9 Å². The van der Waals surface area contributed by atoms with Crippen LogP contribution in [0, 0.1) is 0 Å². The van der Waals surface area contributed by atoms with E-state index in [9.17, 15) is 15.0 Å². The molecular formula is C15H21NO3S. The largest absolute Gasteiger partial charge is 0.389 e. The zero-order valence-electron chi connectivity index (χ0n) is 11.7. The summed E-state index contributed by atoms with van der Waals surface area (Å²) < 4.78 is 0. The summed E-state index contributed by atoms with van der Waals surface area (Å²) >= 11 is 1.03. The maximum atomic E-state index is 10.9. The number of aliphatic hydroxyl groups is 2. The predicted molar refractivity (Wildman–Crippen MR) is 82.0 cm³/mol. The van der Waals surface area contributed by atoms with Gasteiger partial charge in [0.25, 0.3) is 0 Å². The lowest BCUT2D eigenvalue weighted by molar-refractivity contribution is -0.109. The Bertz CT molecular complexity index is 443. The number of aliphatic hydroxyl groups excluding tert-OH is 2. The van der Waals surface area contributed by atoms with Crippen molar-refractivity contribution in [2.75, 3.05) is 23.7 Å². The molecule has 0 radical (unpaired) electrons. The number of hydrogen-bond donors (Lipinski definition) is 2. The van der Waals surface area contributed by atoms with Crippen molar-refractivity contribution in [2.24, 2.45) is 0 Å². The second kappa shape index (κ2) is 7.11. The van der Waals surface area contributed by atoms with Crippen molar-refractivity contribution in [1.82, 2.24) is 0 Å². The van der Waals surface area contributed by atoms with Gasteiger partial charge in [-0.25, -0.2) is 0 Å². The molecular weight excluding hydrogens is 274 g/mol. The van der Waals surface area contributed by atoms with Crippen LogP contribution in [0.5, 0.6) is 0 Å². The average Bonchev–Trinajstić information content (AvgIpc) is 2.98. The number of thioether (sulfide) groups is 1. The van der Waals surface area contributed by atoms with Crippen LogP contribution in [0.3, 0.4) is 0 Å². The summed E-state index contributed by atoms with van der Waals surface area (Å²) in [5, 5.41) is 19.9. The maximum absolute atomic E-state index is 10.9. The highest BCUT2D eigenvalue weighted by Gasteiger charge is 2.19. The molecule has 0 spiro atoms. The van der Waals surface area contributed by atoms with Gasteiger partial charge in [-0.3, -0.25) is 4.79 Å². The molecule has 1 saturated heterocycles. The second-order valence-corrected chi connectivity index (χ2v) is 6.30. The van der Waals surface area contributed by atoms with Crippen LogP contribution in [0.15, 0.2) is 24.3 Å². The number of anilines is 1. The number of benzene rings is 1. The van der Waals surface area contributed by atoms with E-state index in [0.29, 0.717) is 5.56 Å². The summed E-state index contributed by atoms with van der Waals surface area (Å²) in [6.07, 6.45) is 0.576. The minimum atomic E-state index is -0.950. The van der Waals surface area contributed by atoms with Crippen LogP contribution < -0.4 is 4.90 Å². The van der Waals surface area contributed by atoms with Gasteiger partial charge in [0.2, 0.25) is 0 Å². The van der Waals surface area contributed by atoms with Gasteiger partial charge in [0, 0.05) is 31.5 Å².